The quantitative estimate of drug-likeness (QED) is 0.531. The van der Waals surface area contributed by atoms with Gasteiger partial charge in [-0.05, 0) is 65.7 Å². The van der Waals surface area contributed by atoms with E-state index in [1.807, 2.05) is 12.1 Å². The molecule has 23 heavy (non-hydrogen) atoms. The smallest absolute Gasteiger partial charge is 0.345 e. The summed E-state index contributed by atoms with van der Waals surface area (Å²) in [6.45, 7) is 3.99. The predicted molar refractivity (Wildman–Crippen MR) is 100 cm³/mol. The van der Waals surface area contributed by atoms with Gasteiger partial charge in [-0.1, -0.05) is 11.6 Å². The molecular weight excluding hydrogens is 398 g/mol. The Labute approximate surface area is 153 Å². The van der Waals surface area contributed by atoms with Gasteiger partial charge in [0.2, 0.25) is 0 Å². The molecule has 1 aliphatic rings. The molecule has 1 aliphatic heterocycles. The van der Waals surface area contributed by atoms with E-state index in [9.17, 15) is 4.79 Å². The van der Waals surface area contributed by atoms with E-state index in [-0.39, 0.29) is 5.97 Å². The lowest BCUT2D eigenvalue weighted by atomic mass is 10.0. The van der Waals surface area contributed by atoms with Gasteiger partial charge in [0.1, 0.15) is 4.48 Å². The van der Waals surface area contributed by atoms with E-state index in [2.05, 4.69) is 33.9 Å². The highest BCUT2D eigenvalue weighted by Crippen LogP contribution is 2.40. The number of nitrogens with zero attached hydrogens (tertiary/aromatic N) is 1. The van der Waals surface area contributed by atoms with E-state index in [1.54, 1.807) is 18.3 Å². The number of carbonyl (C=O) groups excluding carboxylic acids is 1. The summed E-state index contributed by atoms with van der Waals surface area (Å²) in [5.41, 5.74) is 2.45. The fourth-order valence-corrected chi connectivity index (χ4v) is 4.80. The summed E-state index contributed by atoms with van der Waals surface area (Å²) >= 11 is 11.5. The fraction of sp³-hybridized carbons (Fsp3) is 0.353. The lowest BCUT2D eigenvalue weighted by Crippen LogP contribution is -2.18. The summed E-state index contributed by atoms with van der Waals surface area (Å²) in [5.74, 6) is -0.336. The number of halogens is 2. The van der Waals surface area contributed by atoms with Gasteiger partial charge in [-0.2, -0.15) is 0 Å². The second-order valence-corrected chi connectivity index (χ2v) is 7.89. The zero-order chi connectivity index (χ0) is 16.6. The summed E-state index contributed by atoms with van der Waals surface area (Å²) < 4.78 is 6.70. The highest BCUT2D eigenvalue weighted by molar-refractivity contribution is 9.12. The maximum Gasteiger partial charge on any atom is 0.345 e. The Kier molecular flexibility index (Phi) is 5.11. The standard InChI is InChI=1S/C17H17BrClNO2S/c1-3-22-17(21)12(18)8-15-11-9-20(2)7-6-10-13(19)4-5-14(23-15)16(10)11/h4-5,8H,3,6-7,9H2,1-2H3. The minimum Gasteiger partial charge on any atom is -0.462 e. The SMILES string of the molecule is CCOC(=O)C(Br)=Cc1sc2ccc(Cl)c3c2c1CN(C)CC3. The van der Waals surface area contributed by atoms with E-state index >= 15 is 0 Å². The molecule has 3 rings (SSSR count). The van der Waals surface area contributed by atoms with Crippen LogP contribution in [0.3, 0.4) is 0 Å². The number of esters is 1. The van der Waals surface area contributed by atoms with Gasteiger partial charge in [-0.3, -0.25) is 0 Å². The average molecular weight is 415 g/mol. The molecule has 2 aromatic rings. The highest BCUT2D eigenvalue weighted by atomic mass is 79.9. The molecular formula is C17H17BrClNO2S. The molecule has 2 heterocycles. The molecule has 3 nitrogen and oxygen atoms in total. The predicted octanol–water partition coefficient (Wildman–Crippen LogP) is 4.84. The Morgan fingerprint density at radius 3 is 3.00 bits per heavy atom. The number of likely N-dealkylation sites (N-methyl/N-ethyl adjacent to an activating group) is 1. The van der Waals surface area contributed by atoms with Crippen molar-refractivity contribution in [3.8, 4) is 0 Å². The molecule has 0 atom stereocenters. The molecule has 0 saturated heterocycles. The molecule has 1 aromatic carbocycles. The number of benzene rings is 1. The Balaban J connectivity index is 2.15. The normalized spacial score (nSPS) is 15.7. The Bertz CT molecular complexity index is 799. The van der Waals surface area contributed by atoms with Crippen molar-refractivity contribution in [1.29, 1.82) is 0 Å². The first-order valence-electron chi connectivity index (χ1n) is 7.47. The van der Waals surface area contributed by atoms with Crippen molar-refractivity contribution in [3.05, 3.63) is 37.6 Å². The summed E-state index contributed by atoms with van der Waals surface area (Å²) in [6.07, 6.45) is 2.81. The molecule has 0 spiro atoms. The minimum absolute atomic E-state index is 0.336. The van der Waals surface area contributed by atoms with Gasteiger partial charge in [0.15, 0.2) is 0 Å². The van der Waals surface area contributed by atoms with Crippen LogP contribution in [0.1, 0.15) is 22.9 Å². The monoisotopic (exact) mass is 413 g/mol. The number of hydrogen-bond acceptors (Lipinski definition) is 4. The summed E-state index contributed by atoms with van der Waals surface area (Å²) in [7, 11) is 2.11. The molecule has 6 heteroatoms. The zero-order valence-corrected chi connectivity index (χ0v) is 16.1. The second kappa shape index (κ2) is 6.93. The number of ether oxygens (including phenoxy) is 1. The van der Waals surface area contributed by atoms with E-state index in [1.165, 1.54) is 21.2 Å². The van der Waals surface area contributed by atoms with Crippen molar-refractivity contribution in [2.24, 2.45) is 0 Å². The lowest BCUT2D eigenvalue weighted by molar-refractivity contribution is -0.137. The first-order valence-corrected chi connectivity index (χ1v) is 9.45. The van der Waals surface area contributed by atoms with Crippen LogP contribution in [0.2, 0.25) is 5.02 Å². The van der Waals surface area contributed by atoms with Crippen LogP contribution in [0.5, 0.6) is 0 Å². The van der Waals surface area contributed by atoms with Gasteiger partial charge >= 0.3 is 5.97 Å². The molecule has 0 amide bonds. The van der Waals surface area contributed by atoms with Crippen molar-refractivity contribution in [2.75, 3.05) is 20.2 Å². The van der Waals surface area contributed by atoms with Crippen LogP contribution in [0.4, 0.5) is 0 Å². The van der Waals surface area contributed by atoms with E-state index in [4.69, 9.17) is 16.3 Å². The molecule has 1 aromatic heterocycles. The van der Waals surface area contributed by atoms with Crippen LogP contribution in [-0.4, -0.2) is 31.1 Å². The largest absolute Gasteiger partial charge is 0.462 e. The maximum absolute atomic E-state index is 11.9. The molecule has 0 aliphatic carbocycles. The lowest BCUT2D eigenvalue weighted by Gasteiger charge is -2.13. The van der Waals surface area contributed by atoms with Crippen molar-refractivity contribution in [3.63, 3.8) is 0 Å². The third kappa shape index (κ3) is 3.33. The Morgan fingerprint density at radius 2 is 2.26 bits per heavy atom. The van der Waals surface area contributed by atoms with E-state index in [0.29, 0.717) is 11.1 Å². The second-order valence-electron chi connectivity index (χ2n) is 5.54. The summed E-state index contributed by atoms with van der Waals surface area (Å²) in [6, 6.07) is 4.04. The molecule has 0 N–H and O–H groups in total. The van der Waals surface area contributed by atoms with Gasteiger partial charge < -0.3 is 9.64 Å². The van der Waals surface area contributed by atoms with Crippen molar-refractivity contribution in [2.45, 2.75) is 19.9 Å². The van der Waals surface area contributed by atoms with E-state index < -0.39 is 0 Å². The van der Waals surface area contributed by atoms with Crippen molar-refractivity contribution >= 4 is 61.0 Å². The first kappa shape index (κ1) is 17.0. The molecule has 0 unspecified atom stereocenters. The van der Waals surface area contributed by atoms with Gasteiger partial charge in [0.05, 0.1) is 6.61 Å². The maximum atomic E-state index is 11.9. The molecule has 0 bridgehead atoms. The van der Waals surface area contributed by atoms with E-state index in [0.717, 1.165) is 29.4 Å². The number of carbonyl (C=O) groups is 1. The third-order valence-corrected chi connectivity index (χ3v) is 5.99. The Morgan fingerprint density at radius 1 is 1.48 bits per heavy atom. The highest BCUT2D eigenvalue weighted by Gasteiger charge is 2.21. The number of hydrogen-bond donors (Lipinski definition) is 0. The number of thiophene rings is 1. The topological polar surface area (TPSA) is 29.5 Å². The Hall–Kier alpha value is -0.880. The van der Waals surface area contributed by atoms with Crippen LogP contribution in [-0.2, 0) is 22.5 Å². The summed E-state index contributed by atoms with van der Waals surface area (Å²) in [5, 5.41) is 2.08. The van der Waals surface area contributed by atoms with Crippen LogP contribution in [0.15, 0.2) is 16.6 Å². The van der Waals surface area contributed by atoms with Gasteiger partial charge in [-0.15, -0.1) is 11.3 Å². The van der Waals surface area contributed by atoms with Crippen LogP contribution in [0, 0.1) is 0 Å². The van der Waals surface area contributed by atoms with Crippen LogP contribution in [0.25, 0.3) is 16.2 Å². The zero-order valence-electron chi connectivity index (χ0n) is 13.0. The molecule has 0 fully saturated rings. The minimum atomic E-state index is -0.336. The fourth-order valence-electron chi connectivity index (χ4n) is 2.86. The van der Waals surface area contributed by atoms with Crippen molar-refractivity contribution in [1.82, 2.24) is 4.90 Å². The number of rotatable bonds is 3. The van der Waals surface area contributed by atoms with Crippen molar-refractivity contribution < 1.29 is 9.53 Å². The average Bonchev–Trinajstić information content (AvgIpc) is 2.73. The van der Waals surface area contributed by atoms with Gasteiger partial charge in [-0.25, -0.2) is 4.79 Å². The third-order valence-electron chi connectivity index (χ3n) is 3.94. The molecule has 0 saturated carbocycles. The van der Waals surface area contributed by atoms with Crippen LogP contribution < -0.4 is 0 Å². The molecule has 122 valence electrons. The first-order chi connectivity index (χ1) is 11.0. The van der Waals surface area contributed by atoms with Gasteiger partial charge in [0.25, 0.3) is 0 Å². The van der Waals surface area contributed by atoms with Gasteiger partial charge in [0, 0.05) is 33.1 Å². The molecule has 0 radical (unpaired) electrons. The van der Waals surface area contributed by atoms with Crippen LogP contribution >= 0.6 is 38.9 Å². The summed E-state index contributed by atoms with van der Waals surface area (Å²) in [4.78, 5) is 15.2.